The highest BCUT2D eigenvalue weighted by atomic mass is 35.5. The number of aromatic nitrogens is 1. The number of hydrogen-bond acceptors (Lipinski definition) is 5. The van der Waals surface area contributed by atoms with Crippen LogP contribution in [0.3, 0.4) is 0 Å². The van der Waals surface area contributed by atoms with Crippen molar-refractivity contribution in [1.29, 1.82) is 0 Å². The molecule has 30 heavy (non-hydrogen) atoms. The lowest BCUT2D eigenvalue weighted by atomic mass is 10.2. The Balaban J connectivity index is 1.47. The van der Waals surface area contributed by atoms with Crippen molar-refractivity contribution < 1.29 is 13.2 Å². The smallest absolute Gasteiger partial charge is 0.261 e. The molecule has 4 rings (SSSR count). The van der Waals surface area contributed by atoms with Crippen molar-refractivity contribution in [3.63, 3.8) is 0 Å². The summed E-state index contributed by atoms with van der Waals surface area (Å²) >= 11 is 7.33. The SMILES string of the molecule is O=C(NCc1nc2ccccc2s1)c1cccc(S(=O)(=O)Nc2ccc(Cl)cc2)c1. The number of halogens is 1. The first-order valence-corrected chi connectivity index (χ1v) is 11.6. The van der Waals surface area contributed by atoms with Crippen LogP contribution in [-0.4, -0.2) is 19.3 Å². The molecule has 2 N–H and O–H groups in total. The summed E-state index contributed by atoms with van der Waals surface area (Å²) in [6.45, 7) is 0.262. The molecular formula is C21H16ClN3O3S2. The van der Waals surface area contributed by atoms with Gasteiger partial charge in [-0.1, -0.05) is 29.8 Å². The Morgan fingerprint density at radius 1 is 1.00 bits per heavy atom. The van der Waals surface area contributed by atoms with Gasteiger partial charge in [0.05, 0.1) is 21.7 Å². The lowest BCUT2D eigenvalue weighted by Gasteiger charge is -2.10. The molecule has 0 atom stereocenters. The zero-order valence-electron chi connectivity index (χ0n) is 15.5. The van der Waals surface area contributed by atoms with Crippen LogP contribution in [-0.2, 0) is 16.6 Å². The molecule has 1 heterocycles. The van der Waals surface area contributed by atoms with E-state index >= 15 is 0 Å². The van der Waals surface area contributed by atoms with Crippen LogP contribution >= 0.6 is 22.9 Å². The highest BCUT2D eigenvalue weighted by Crippen LogP contribution is 2.22. The number of benzene rings is 3. The molecule has 3 aromatic carbocycles. The van der Waals surface area contributed by atoms with Gasteiger partial charge in [-0.05, 0) is 54.6 Å². The van der Waals surface area contributed by atoms with Crippen LogP contribution in [0.1, 0.15) is 15.4 Å². The third-order valence-electron chi connectivity index (χ3n) is 4.24. The Labute approximate surface area is 182 Å². The van der Waals surface area contributed by atoms with E-state index in [0.29, 0.717) is 10.7 Å². The monoisotopic (exact) mass is 457 g/mol. The third kappa shape index (κ3) is 4.62. The van der Waals surface area contributed by atoms with Crippen LogP contribution in [0.5, 0.6) is 0 Å². The topological polar surface area (TPSA) is 88.2 Å². The van der Waals surface area contributed by atoms with Crippen LogP contribution in [0.2, 0.25) is 5.02 Å². The number of nitrogens with zero attached hydrogens (tertiary/aromatic N) is 1. The fourth-order valence-corrected chi connectivity index (χ4v) is 4.93. The van der Waals surface area contributed by atoms with Gasteiger partial charge in [0.1, 0.15) is 5.01 Å². The number of carbonyl (C=O) groups excluding carboxylic acids is 1. The summed E-state index contributed by atoms with van der Waals surface area (Å²) in [5.74, 6) is -0.377. The van der Waals surface area contributed by atoms with E-state index in [2.05, 4.69) is 15.0 Å². The Morgan fingerprint density at radius 3 is 2.53 bits per heavy atom. The summed E-state index contributed by atoms with van der Waals surface area (Å²) in [7, 11) is -3.85. The number of anilines is 1. The predicted molar refractivity (Wildman–Crippen MR) is 119 cm³/mol. The number of carbonyl (C=O) groups is 1. The fourth-order valence-electron chi connectivity index (χ4n) is 2.79. The summed E-state index contributed by atoms with van der Waals surface area (Å²) in [4.78, 5) is 17.0. The van der Waals surface area contributed by atoms with E-state index in [4.69, 9.17) is 11.6 Å². The molecule has 0 aliphatic carbocycles. The number of thiazole rings is 1. The summed E-state index contributed by atoms with van der Waals surface area (Å²) in [6.07, 6.45) is 0. The summed E-state index contributed by atoms with van der Waals surface area (Å²) < 4.78 is 28.8. The number of hydrogen-bond donors (Lipinski definition) is 2. The first-order valence-electron chi connectivity index (χ1n) is 8.92. The summed E-state index contributed by atoms with van der Waals surface area (Å²) in [6, 6.07) is 19.9. The maximum Gasteiger partial charge on any atom is 0.261 e. The van der Waals surface area contributed by atoms with Gasteiger partial charge in [0.15, 0.2) is 0 Å². The van der Waals surface area contributed by atoms with Crippen molar-refractivity contribution in [2.75, 3.05) is 4.72 Å². The maximum atomic E-state index is 12.7. The predicted octanol–water partition coefficient (Wildman–Crippen LogP) is 4.68. The van der Waals surface area contributed by atoms with E-state index in [1.807, 2.05) is 24.3 Å². The van der Waals surface area contributed by atoms with Crippen molar-refractivity contribution >= 4 is 54.8 Å². The van der Waals surface area contributed by atoms with Crippen molar-refractivity contribution in [2.45, 2.75) is 11.4 Å². The summed E-state index contributed by atoms with van der Waals surface area (Å²) in [5.41, 5.74) is 1.51. The van der Waals surface area contributed by atoms with E-state index < -0.39 is 10.0 Å². The van der Waals surface area contributed by atoms with Crippen LogP contribution in [0.4, 0.5) is 5.69 Å². The highest BCUT2D eigenvalue weighted by molar-refractivity contribution is 7.92. The molecule has 9 heteroatoms. The van der Waals surface area contributed by atoms with Crippen LogP contribution < -0.4 is 10.0 Å². The molecule has 0 saturated carbocycles. The second-order valence-corrected chi connectivity index (χ2v) is 9.63. The largest absolute Gasteiger partial charge is 0.346 e. The maximum absolute atomic E-state index is 12.7. The molecule has 1 amide bonds. The number of rotatable bonds is 6. The van der Waals surface area contributed by atoms with Gasteiger partial charge in [-0.2, -0.15) is 0 Å². The molecule has 0 aliphatic heterocycles. The molecular weight excluding hydrogens is 442 g/mol. The van der Waals surface area contributed by atoms with Crippen LogP contribution in [0.25, 0.3) is 10.2 Å². The fraction of sp³-hybridized carbons (Fsp3) is 0.0476. The van der Waals surface area contributed by atoms with Crippen molar-refractivity contribution in [2.24, 2.45) is 0 Å². The van der Waals surface area contributed by atoms with Crippen LogP contribution in [0, 0.1) is 0 Å². The van der Waals surface area contributed by atoms with E-state index in [-0.39, 0.29) is 22.9 Å². The van der Waals surface area contributed by atoms with Gasteiger partial charge < -0.3 is 5.32 Å². The number of amides is 1. The van der Waals surface area contributed by atoms with Gasteiger partial charge in [0.2, 0.25) is 0 Å². The first-order chi connectivity index (χ1) is 14.4. The van der Waals surface area contributed by atoms with Gasteiger partial charge >= 0.3 is 0 Å². The standard InChI is InChI=1S/C21H16ClN3O3S2/c22-15-8-10-16(11-9-15)25-30(27,28)17-5-3-4-14(12-17)21(26)23-13-20-24-18-6-1-2-7-19(18)29-20/h1-12,25H,13H2,(H,23,26). The highest BCUT2D eigenvalue weighted by Gasteiger charge is 2.17. The lowest BCUT2D eigenvalue weighted by molar-refractivity contribution is 0.0950. The summed E-state index contributed by atoms with van der Waals surface area (Å²) in [5, 5.41) is 4.07. The first kappa shape index (κ1) is 20.3. The molecule has 0 bridgehead atoms. The second-order valence-electron chi connectivity index (χ2n) is 6.40. The van der Waals surface area contributed by atoms with E-state index in [1.54, 1.807) is 30.3 Å². The number of nitrogens with one attached hydrogen (secondary N) is 2. The molecule has 1 aromatic heterocycles. The molecule has 0 spiro atoms. The van der Waals surface area contributed by atoms with Gasteiger partial charge in [0.25, 0.3) is 15.9 Å². The Bertz CT molecular complexity index is 1290. The van der Waals surface area contributed by atoms with E-state index in [0.717, 1.165) is 15.2 Å². The molecule has 0 unspecified atom stereocenters. The quantitative estimate of drug-likeness (QED) is 0.440. The Kier molecular flexibility index (Phi) is 5.72. The molecule has 152 valence electrons. The number of para-hydroxylation sites is 1. The average Bonchev–Trinajstić information content (AvgIpc) is 3.17. The Hall–Kier alpha value is -2.94. The minimum atomic E-state index is -3.85. The normalized spacial score (nSPS) is 11.4. The van der Waals surface area contributed by atoms with Crippen molar-refractivity contribution in [1.82, 2.24) is 10.3 Å². The zero-order chi connectivity index (χ0) is 21.1. The number of fused-ring (bicyclic) bond motifs is 1. The van der Waals surface area contributed by atoms with E-state index in [1.165, 1.54) is 29.5 Å². The average molecular weight is 458 g/mol. The molecule has 6 nitrogen and oxygen atoms in total. The van der Waals surface area contributed by atoms with Gasteiger partial charge in [0, 0.05) is 16.3 Å². The number of sulfonamides is 1. The van der Waals surface area contributed by atoms with Crippen molar-refractivity contribution in [3.8, 4) is 0 Å². The molecule has 0 aliphatic rings. The minimum Gasteiger partial charge on any atom is -0.346 e. The Morgan fingerprint density at radius 2 is 1.77 bits per heavy atom. The minimum absolute atomic E-state index is 0.00918. The van der Waals surface area contributed by atoms with Crippen LogP contribution in [0.15, 0.2) is 77.7 Å². The molecule has 0 radical (unpaired) electrons. The second kappa shape index (κ2) is 8.43. The van der Waals surface area contributed by atoms with Crippen molar-refractivity contribution in [3.05, 3.63) is 88.4 Å². The lowest BCUT2D eigenvalue weighted by Crippen LogP contribution is -2.23. The van der Waals surface area contributed by atoms with Gasteiger partial charge in [-0.3, -0.25) is 9.52 Å². The molecule has 0 saturated heterocycles. The molecule has 0 fully saturated rings. The van der Waals surface area contributed by atoms with E-state index in [9.17, 15) is 13.2 Å². The zero-order valence-corrected chi connectivity index (χ0v) is 17.9. The third-order valence-corrected chi connectivity index (χ3v) is 6.91. The van der Waals surface area contributed by atoms with Gasteiger partial charge in [-0.15, -0.1) is 11.3 Å². The molecule has 4 aromatic rings. The van der Waals surface area contributed by atoms with Gasteiger partial charge in [-0.25, -0.2) is 13.4 Å².